The first-order valence-electron chi connectivity index (χ1n) is 9.00. The van der Waals surface area contributed by atoms with Gasteiger partial charge < -0.3 is 5.11 Å². The number of hydrogen-bond acceptors (Lipinski definition) is 4. The number of nitrogens with one attached hydrogen (secondary N) is 1. The second kappa shape index (κ2) is 6.66. The number of hydrogen-bond donors (Lipinski definition) is 2. The van der Waals surface area contributed by atoms with Crippen molar-refractivity contribution >= 4 is 16.8 Å². The van der Waals surface area contributed by atoms with Gasteiger partial charge >= 0.3 is 0 Å². The quantitative estimate of drug-likeness (QED) is 0.716. The van der Waals surface area contributed by atoms with Gasteiger partial charge in [-0.25, -0.2) is 0 Å². The second-order valence-electron chi connectivity index (χ2n) is 8.87. The first-order chi connectivity index (χ1) is 12.1. The molecule has 0 aromatic heterocycles. The van der Waals surface area contributed by atoms with Crippen LogP contribution in [0.5, 0.6) is 5.75 Å². The molecule has 3 rings (SSSR count). The van der Waals surface area contributed by atoms with E-state index in [1.165, 1.54) is 0 Å². The maximum atomic E-state index is 10.9. The topological polar surface area (TPSA) is 44.6 Å². The van der Waals surface area contributed by atoms with Gasteiger partial charge in [0.05, 0.1) is 0 Å². The summed E-state index contributed by atoms with van der Waals surface area (Å²) in [6.45, 7) is 12.8. The normalized spacial score (nSPS) is 17.8. The minimum Gasteiger partial charge on any atom is -0.507 e. The van der Waals surface area contributed by atoms with Crippen molar-refractivity contribution in [3.05, 3.63) is 64.7 Å². The molecule has 4 heteroatoms. The molecule has 0 spiro atoms. The molecular formula is C22H28N2OS. The predicted molar refractivity (Wildman–Crippen MR) is 112 cm³/mol. The van der Waals surface area contributed by atoms with Crippen molar-refractivity contribution in [2.24, 2.45) is 5.10 Å². The lowest BCUT2D eigenvalue weighted by Gasteiger charge is -2.29. The van der Waals surface area contributed by atoms with E-state index in [2.05, 4.69) is 76.3 Å². The molecule has 138 valence electrons. The number of phenols is 1. The third kappa shape index (κ3) is 3.75. The monoisotopic (exact) mass is 368 g/mol. The Kier molecular flexibility index (Phi) is 4.82. The zero-order valence-electron chi connectivity index (χ0n) is 16.4. The molecule has 1 aliphatic rings. The van der Waals surface area contributed by atoms with Crippen LogP contribution in [-0.4, -0.2) is 10.2 Å². The number of thioether (sulfide) groups is 1. The summed E-state index contributed by atoms with van der Waals surface area (Å²) in [7, 11) is 0. The first kappa shape index (κ1) is 18.8. The zero-order chi connectivity index (χ0) is 19.1. The van der Waals surface area contributed by atoms with Crippen molar-refractivity contribution < 1.29 is 5.11 Å². The summed E-state index contributed by atoms with van der Waals surface area (Å²) in [6, 6.07) is 14.5. The molecule has 0 radical (unpaired) electrons. The lowest BCUT2D eigenvalue weighted by molar-refractivity contribution is 0.422. The van der Waals surface area contributed by atoms with E-state index in [1.807, 2.05) is 18.2 Å². The van der Waals surface area contributed by atoms with Crippen LogP contribution in [-0.2, 0) is 10.8 Å². The van der Waals surface area contributed by atoms with E-state index in [-0.39, 0.29) is 16.2 Å². The van der Waals surface area contributed by atoms with Gasteiger partial charge in [0.15, 0.2) is 0 Å². The SMILES string of the molecule is CC(C)(C)c1cc([C@H]2NN=C(c3ccccc3)S2)cc(C(C)(C)C)c1O. The molecule has 1 aliphatic heterocycles. The van der Waals surface area contributed by atoms with Crippen molar-refractivity contribution in [3.63, 3.8) is 0 Å². The van der Waals surface area contributed by atoms with Gasteiger partial charge in [-0.2, -0.15) is 5.10 Å². The molecule has 2 N–H and O–H groups in total. The van der Waals surface area contributed by atoms with Crippen LogP contribution in [0.15, 0.2) is 47.6 Å². The average molecular weight is 369 g/mol. The van der Waals surface area contributed by atoms with Crippen LogP contribution in [0.4, 0.5) is 0 Å². The molecule has 0 saturated heterocycles. The van der Waals surface area contributed by atoms with Crippen LogP contribution in [0.25, 0.3) is 0 Å². The molecule has 0 aliphatic carbocycles. The molecule has 0 fully saturated rings. The summed E-state index contributed by atoms with van der Waals surface area (Å²) in [4.78, 5) is 0. The molecule has 1 heterocycles. The Morgan fingerprint density at radius 1 is 0.923 bits per heavy atom. The van der Waals surface area contributed by atoms with Gasteiger partial charge in [0.2, 0.25) is 0 Å². The number of aromatic hydroxyl groups is 1. The largest absolute Gasteiger partial charge is 0.507 e. The fourth-order valence-electron chi connectivity index (χ4n) is 3.09. The highest BCUT2D eigenvalue weighted by Crippen LogP contribution is 2.43. The molecule has 1 atom stereocenters. The lowest BCUT2D eigenvalue weighted by Crippen LogP contribution is -2.19. The number of phenolic OH excluding ortho intramolecular Hbond substituents is 1. The maximum absolute atomic E-state index is 10.9. The van der Waals surface area contributed by atoms with Gasteiger partial charge in [-0.15, -0.1) is 0 Å². The highest BCUT2D eigenvalue weighted by atomic mass is 32.2. The Morgan fingerprint density at radius 3 is 1.96 bits per heavy atom. The molecule has 0 amide bonds. The van der Waals surface area contributed by atoms with Gasteiger partial charge in [-0.05, 0) is 39.7 Å². The Hall–Kier alpha value is -1.94. The number of rotatable bonds is 2. The summed E-state index contributed by atoms with van der Waals surface area (Å²) < 4.78 is 0. The highest BCUT2D eigenvalue weighted by molar-refractivity contribution is 8.14. The molecule has 3 nitrogen and oxygen atoms in total. The van der Waals surface area contributed by atoms with Crippen molar-refractivity contribution in [3.8, 4) is 5.75 Å². The molecular weight excluding hydrogens is 340 g/mol. The van der Waals surface area contributed by atoms with E-state index >= 15 is 0 Å². The number of nitrogens with zero attached hydrogens (tertiary/aromatic N) is 1. The Bertz CT molecular complexity index is 794. The molecule has 26 heavy (non-hydrogen) atoms. The van der Waals surface area contributed by atoms with Crippen LogP contribution in [0, 0.1) is 0 Å². The third-order valence-corrected chi connectivity index (χ3v) is 5.75. The van der Waals surface area contributed by atoms with Crippen molar-refractivity contribution in [1.82, 2.24) is 5.43 Å². The van der Waals surface area contributed by atoms with Gasteiger partial charge in [0.1, 0.15) is 16.2 Å². The van der Waals surface area contributed by atoms with Crippen LogP contribution in [0.3, 0.4) is 0 Å². The standard InChI is InChI=1S/C22H28N2OS/c1-21(2,3)16-12-15(13-17(18(16)25)22(4,5)6)20-24-23-19(26-20)14-10-8-7-9-11-14/h7-13,20,24-25H,1-6H3/t20-/m0/s1. The van der Waals surface area contributed by atoms with E-state index in [1.54, 1.807) is 11.8 Å². The fraction of sp³-hybridized carbons (Fsp3) is 0.409. The van der Waals surface area contributed by atoms with Gasteiger partial charge in [-0.1, -0.05) is 83.6 Å². The molecule has 2 aromatic rings. The Labute approximate surface area is 160 Å². The predicted octanol–water partition coefficient (Wildman–Crippen LogP) is 5.68. The van der Waals surface area contributed by atoms with E-state index in [0.717, 1.165) is 27.3 Å². The first-order valence-corrected chi connectivity index (χ1v) is 9.88. The second-order valence-corrected chi connectivity index (χ2v) is 9.97. The van der Waals surface area contributed by atoms with Crippen molar-refractivity contribution in [2.45, 2.75) is 57.7 Å². The van der Waals surface area contributed by atoms with Crippen LogP contribution < -0.4 is 5.43 Å². The summed E-state index contributed by atoms with van der Waals surface area (Å²) in [5.41, 5.74) is 7.24. The van der Waals surface area contributed by atoms with Crippen molar-refractivity contribution in [1.29, 1.82) is 0 Å². The van der Waals surface area contributed by atoms with E-state index < -0.39 is 0 Å². The summed E-state index contributed by atoms with van der Waals surface area (Å²) >= 11 is 1.72. The lowest BCUT2D eigenvalue weighted by atomic mass is 9.78. The minimum atomic E-state index is -0.132. The Balaban J connectivity index is 1.99. The zero-order valence-corrected chi connectivity index (χ0v) is 17.2. The summed E-state index contributed by atoms with van der Waals surface area (Å²) in [5, 5.41) is 16.5. The smallest absolute Gasteiger partial charge is 0.126 e. The van der Waals surface area contributed by atoms with E-state index in [9.17, 15) is 5.11 Å². The number of benzene rings is 2. The van der Waals surface area contributed by atoms with Crippen LogP contribution in [0.1, 0.15) is 69.2 Å². The fourth-order valence-corrected chi connectivity index (χ4v) is 4.07. The van der Waals surface area contributed by atoms with Gasteiger partial charge in [-0.3, -0.25) is 5.43 Å². The van der Waals surface area contributed by atoms with E-state index in [0.29, 0.717) is 5.75 Å². The molecule has 0 saturated carbocycles. The van der Waals surface area contributed by atoms with E-state index in [4.69, 9.17) is 0 Å². The summed E-state index contributed by atoms with van der Waals surface area (Å²) in [6.07, 6.45) is 0. The molecule has 2 aromatic carbocycles. The minimum absolute atomic E-state index is 0.0491. The van der Waals surface area contributed by atoms with Gasteiger partial charge in [0.25, 0.3) is 0 Å². The van der Waals surface area contributed by atoms with Gasteiger partial charge in [0, 0.05) is 5.56 Å². The number of hydrazone groups is 1. The molecule has 0 unspecified atom stereocenters. The van der Waals surface area contributed by atoms with Crippen LogP contribution in [0.2, 0.25) is 0 Å². The highest BCUT2D eigenvalue weighted by Gasteiger charge is 2.30. The van der Waals surface area contributed by atoms with Crippen LogP contribution >= 0.6 is 11.8 Å². The molecule has 0 bridgehead atoms. The third-order valence-electron chi connectivity index (χ3n) is 4.58. The maximum Gasteiger partial charge on any atom is 0.126 e. The summed E-state index contributed by atoms with van der Waals surface area (Å²) in [5.74, 6) is 0.418. The Morgan fingerprint density at radius 2 is 1.46 bits per heavy atom. The average Bonchev–Trinajstić information content (AvgIpc) is 3.03. The van der Waals surface area contributed by atoms with Crippen molar-refractivity contribution in [2.75, 3.05) is 0 Å².